The van der Waals surface area contributed by atoms with Crippen molar-refractivity contribution in [2.24, 2.45) is 0 Å². The van der Waals surface area contributed by atoms with Crippen molar-refractivity contribution in [1.29, 1.82) is 0 Å². The van der Waals surface area contributed by atoms with Crippen molar-refractivity contribution in [3.05, 3.63) is 34.1 Å². The minimum absolute atomic E-state index is 0.0266. The maximum atomic E-state index is 13.0. The molecule has 1 rings (SSSR count). The van der Waals surface area contributed by atoms with Crippen LogP contribution in [-0.2, 0) is 11.2 Å². The number of amides is 1. The number of rotatable bonds is 5. The molecule has 0 unspecified atom stereocenters. The van der Waals surface area contributed by atoms with Crippen LogP contribution in [0.1, 0.15) is 5.56 Å². The molecule has 0 aliphatic carbocycles. The van der Waals surface area contributed by atoms with Crippen LogP contribution < -0.4 is 5.32 Å². The zero-order valence-electron chi connectivity index (χ0n) is 9.96. The average Bonchev–Trinajstić information content (AvgIpc) is 2.30. The second-order valence-electron chi connectivity index (χ2n) is 3.84. The van der Waals surface area contributed by atoms with Gasteiger partial charge in [0.05, 0.1) is 10.9 Å². The van der Waals surface area contributed by atoms with Gasteiger partial charge in [-0.25, -0.2) is 4.39 Å². The molecule has 0 aromatic heterocycles. The van der Waals surface area contributed by atoms with E-state index in [1.54, 1.807) is 24.1 Å². The predicted molar refractivity (Wildman–Crippen MR) is 69.4 cm³/mol. The average molecular weight is 303 g/mol. The molecule has 17 heavy (non-hydrogen) atoms. The molecular formula is C12H16BrFN2O. The van der Waals surface area contributed by atoms with E-state index >= 15 is 0 Å². The van der Waals surface area contributed by atoms with Crippen LogP contribution in [0.25, 0.3) is 0 Å². The standard InChI is InChI=1S/C12H16BrFN2O/c1-15-5-6-16(2)12(17)8-9-3-4-11(14)10(13)7-9/h3-4,7,15H,5-6,8H2,1-2H3. The van der Waals surface area contributed by atoms with Gasteiger partial charge in [-0.05, 0) is 40.7 Å². The Hall–Kier alpha value is -0.940. The molecule has 94 valence electrons. The highest BCUT2D eigenvalue weighted by Gasteiger charge is 2.10. The number of nitrogens with one attached hydrogen (secondary N) is 1. The molecule has 1 aromatic rings. The molecule has 0 aliphatic heterocycles. The van der Waals surface area contributed by atoms with Gasteiger partial charge in [0, 0.05) is 20.1 Å². The van der Waals surface area contributed by atoms with Crippen LogP contribution in [0.2, 0.25) is 0 Å². The van der Waals surface area contributed by atoms with Gasteiger partial charge in [-0.3, -0.25) is 4.79 Å². The molecule has 1 aromatic carbocycles. The van der Waals surface area contributed by atoms with Crippen LogP contribution in [0.3, 0.4) is 0 Å². The number of benzene rings is 1. The topological polar surface area (TPSA) is 32.3 Å². The fraction of sp³-hybridized carbons (Fsp3) is 0.417. The van der Waals surface area contributed by atoms with Crippen LogP contribution in [0.5, 0.6) is 0 Å². The van der Waals surface area contributed by atoms with E-state index in [1.807, 2.05) is 7.05 Å². The summed E-state index contributed by atoms with van der Waals surface area (Å²) in [5.74, 6) is -0.288. The van der Waals surface area contributed by atoms with Crippen LogP contribution in [0, 0.1) is 5.82 Å². The van der Waals surface area contributed by atoms with E-state index in [-0.39, 0.29) is 11.7 Å². The Kier molecular flexibility index (Phi) is 5.58. The fourth-order valence-electron chi connectivity index (χ4n) is 1.36. The molecule has 0 spiro atoms. The molecule has 0 radical (unpaired) electrons. The Bertz CT molecular complexity index is 398. The molecule has 0 saturated carbocycles. The quantitative estimate of drug-likeness (QED) is 0.900. The van der Waals surface area contributed by atoms with Crippen LogP contribution in [-0.4, -0.2) is 38.0 Å². The van der Waals surface area contributed by atoms with Crippen LogP contribution in [0.4, 0.5) is 4.39 Å². The third kappa shape index (κ3) is 4.44. The SMILES string of the molecule is CNCCN(C)C(=O)Cc1ccc(F)c(Br)c1. The van der Waals surface area contributed by atoms with Gasteiger partial charge >= 0.3 is 0 Å². The van der Waals surface area contributed by atoms with Gasteiger partial charge in [0.2, 0.25) is 5.91 Å². The van der Waals surface area contributed by atoms with Crippen molar-refractivity contribution in [3.63, 3.8) is 0 Å². The summed E-state index contributed by atoms with van der Waals surface area (Å²) >= 11 is 3.11. The normalized spacial score (nSPS) is 10.4. The third-order valence-corrected chi connectivity index (χ3v) is 3.07. The Morgan fingerprint density at radius 3 is 2.82 bits per heavy atom. The lowest BCUT2D eigenvalue weighted by molar-refractivity contribution is -0.129. The highest BCUT2D eigenvalue weighted by atomic mass is 79.9. The molecule has 0 aliphatic rings. The van der Waals surface area contributed by atoms with Gasteiger partial charge in [-0.1, -0.05) is 6.07 Å². The van der Waals surface area contributed by atoms with E-state index in [0.29, 0.717) is 17.4 Å². The molecule has 0 bridgehead atoms. The third-order valence-electron chi connectivity index (χ3n) is 2.46. The number of likely N-dealkylation sites (N-methyl/N-ethyl adjacent to an activating group) is 2. The summed E-state index contributed by atoms with van der Waals surface area (Å²) in [6, 6.07) is 4.63. The second-order valence-corrected chi connectivity index (χ2v) is 4.70. The van der Waals surface area contributed by atoms with Gasteiger partial charge in [0.25, 0.3) is 0 Å². The Balaban J connectivity index is 2.58. The Labute approximate surface area is 109 Å². The number of hydrogen-bond donors (Lipinski definition) is 1. The Morgan fingerprint density at radius 2 is 2.24 bits per heavy atom. The van der Waals surface area contributed by atoms with Gasteiger partial charge in [-0.15, -0.1) is 0 Å². The molecule has 0 atom stereocenters. The predicted octanol–water partition coefficient (Wildman–Crippen LogP) is 1.81. The monoisotopic (exact) mass is 302 g/mol. The highest BCUT2D eigenvalue weighted by Crippen LogP contribution is 2.17. The van der Waals surface area contributed by atoms with Crippen LogP contribution >= 0.6 is 15.9 Å². The minimum atomic E-state index is -0.315. The molecule has 0 saturated heterocycles. The lowest BCUT2D eigenvalue weighted by Gasteiger charge is -2.16. The van der Waals surface area contributed by atoms with E-state index in [0.717, 1.165) is 12.1 Å². The van der Waals surface area contributed by atoms with Crippen molar-refractivity contribution in [2.45, 2.75) is 6.42 Å². The summed E-state index contributed by atoms with van der Waals surface area (Å²) in [5, 5.41) is 2.98. The van der Waals surface area contributed by atoms with Gasteiger partial charge in [-0.2, -0.15) is 0 Å². The first-order valence-electron chi connectivity index (χ1n) is 5.37. The molecule has 3 nitrogen and oxygen atoms in total. The maximum Gasteiger partial charge on any atom is 0.226 e. The molecule has 0 heterocycles. The molecule has 0 fully saturated rings. The van der Waals surface area contributed by atoms with Crippen molar-refractivity contribution in [3.8, 4) is 0 Å². The maximum absolute atomic E-state index is 13.0. The number of halogens is 2. The van der Waals surface area contributed by atoms with Crippen LogP contribution in [0.15, 0.2) is 22.7 Å². The van der Waals surface area contributed by atoms with Gasteiger partial charge < -0.3 is 10.2 Å². The number of hydrogen-bond acceptors (Lipinski definition) is 2. The van der Waals surface area contributed by atoms with Gasteiger partial charge in [0.1, 0.15) is 5.82 Å². The lowest BCUT2D eigenvalue weighted by atomic mass is 10.1. The van der Waals surface area contributed by atoms with E-state index in [9.17, 15) is 9.18 Å². The summed E-state index contributed by atoms with van der Waals surface area (Å²) in [5.41, 5.74) is 0.805. The summed E-state index contributed by atoms with van der Waals surface area (Å²) in [4.78, 5) is 13.5. The summed E-state index contributed by atoms with van der Waals surface area (Å²) < 4.78 is 13.4. The summed E-state index contributed by atoms with van der Waals surface area (Å²) in [7, 11) is 3.60. The second kappa shape index (κ2) is 6.71. The first-order chi connectivity index (χ1) is 8.04. The van der Waals surface area contributed by atoms with Crippen molar-refractivity contribution >= 4 is 21.8 Å². The smallest absolute Gasteiger partial charge is 0.226 e. The molecule has 1 amide bonds. The minimum Gasteiger partial charge on any atom is -0.344 e. The van der Waals surface area contributed by atoms with E-state index in [1.165, 1.54) is 6.07 Å². The molecular weight excluding hydrogens is 287 g/mol. The first kappa shape index (κ1) is 14.1. The highest BCUT2D eigenvalue weighted by molar-refractivity contribution is 9.10. The first-order valence-corrected chi connectivity index (χ1v) is 6.16. The van der Waals surface area contributed by atoms with E-state index in [2.05, 4.69) is 21.2 Å². The number of nitrogens with zero attached hydrogens (tertiary/aromatic N) is 1. The van der Waals surface area contributed by atoms with Crippen molar-refractivity contribution in [1.82, 2.24) is 10.2 Å². The Morgan fingerprint density at radius 1 is 1.53 bits per heavy atom. The number of carbonyl (C=O) groups excluding carboxylic acids is 1. The summed E-state index contributed by atoms with van der Waals surface area (Å²) in [6.45, 7) is 1.42. The van der Waals surface area contributed by atoms with E-state index < -0.39 is 0 Å². The molecule has 5 heteroatoms. The zero-order valence-corrected chi connectivity index (χ0v) is 11.6. The number of carbonyl (C=O) groups is 1. The van der Waals surface area contributed by atoms with Gasteiger partial charge in [0.15, 0.2) is 0 Å². The van der Waals surface area contributed by atoms with Crippen molar-refractivity contribution < 1.29 is 9.18 Å². The van der Waals surface area contributed by atoms with Crippen molar-refractivity contribution in [2.75, 3.05) is 27.2 Å². The summed E-state index contributed by atoms with van der Waals surface area (Å²) in [6.07, 6.45) is 0.291. The molecule has 1 N–H and O–H groups in total. The largest absolute Gasteiger partial charge is 0.344 e. The lowest BCUT2D eigenvalue weighted by Crippen LogP contribution is -2.33. The zero-order chi connectivity index (χ0) is 12.8. The fourth-order valence-corrected chi connectivity index (χ4v) is 1.79. The van der Waals surface area contributed by atoms with E-state index in [4.69, 9.17) is 0 Å².